The quantitative estimate of drug-likeness (QED) is 0.340. The van der Waals surface area contributed by atoms with Crippen molar-refractivity contribution in [2.24, 2.45) is 0 Å². The molecule has 0 fully saturated rings. The molecule has 0 aromatic heterocycles. The van der Waals surface area contributed by atoms with Crippen molar-refractivity contribution in [1.29, 1.82) is 0 Å². The van der Waals surface area contributed by atoms with Crippen LogP contribution in [0.1, 0.15) is 45.4 Å². The minimum atomic E-state index is 0.742. The highest BCUT2D eigenvalue weighted by Crippen LogP contribution is 2.14. The van der Waals surface area contributed by atoms with Gasteiger partial charge in [-0.3, -0.25) is 0 Å². The standard InChI is InChI=1S/C10H19Br/c1-3-5-6-7-8-9-10(11)4-2/h3,10H,1,4-9H2,2H3. The van der Waals surface area contributed by atoms with E-state index in [-0.39, 0.29) is 0 Å². The third-order valence-electron chi connectivity index (χ3n) is 1.87. The van der Waals surface area contributed by atoms with Gasteiger partial charge >= 0.3 is 0 Å². The van der Waals surface area contributed by atoms with E-state index in [4.69, 9.17) is 0 Å². The Balaban J connectivity index is 2.95. The lowest BCUT2D eigenvalue weighted by molar-refractivity contribution is 0.626. The molecule has 0 aliphatic rings. The number of hydrogen-bond donors (Lipinski definition) is 0. The van der Waals surface area contributed by atoms with Gasteiger partial charge in [0.1, 0.15) is 0 Å². The maximum absolute atomic E-state index is 3.70. The van der Waals surface area contributed by atoms with E-state index >= 15 is 0 Å². The minimum absolute atomic E-state index is 0.742. The molecule has 0 aliphatic carbocycles. The van der Waals surface area contributed by atoms with E-state index in [1.54, 1.807) is 0 Å². The zero-order chi connectivity index (χ0) is 8.53. The van der Waals surface area contributed by atoms with Gasteiger partial charge in [-0.1, -0.05) is 41.8 Å². The highest BCUT2D eigenvalue weighted by atomic mass is 79.9. The van der Waals surface area contributed by atoms with Gasteiger partial charge in [0.15, 0.2) is 0 Å². The lowest BCUT2D eigenvalue weighted by Gasteiger charge is -2.04. The molecule has 0 amide bonds. The molecule has 0 rings (SSSR count). The summed E-state index contributed by atoms with van der Waals surface area (Å²) < 4.78 is 0. The third-order valence-corrected chi connectivity index (χ3v) is 2.97. The summed E-state index contributed by atoms with van der Waals surface area (Å²) in [6, 6.07) is 0. The van der Waals surface area contributed by atoms with Crippen LogP contribution >= 0.6 is 15.9 Å². The maximum Gasteiger partial charge on any atom is 0.0143 e. The zero-order valence-corrected chi connectivity index (χ0v) is 9.07. The highest BCUT2D eigenvalue weighted by molar-refractivity contribution is 9.09. The molecule has 0 N–H and O–H groups in total. The van der Waals surface area contributed by atoms with E-state index in [0.717, 1.165) is 4.83 Å². The fourth-order valence-electron chi connectivity index (χ4n) is 1.04. The third kappa shape index (κ3) is 8.12. The molecular formula is C10H19Br. The van der Waals surface area contributed by atoms with Gasteiger partial charge in [0.2, 0.25) is 0 Å². The van der Waals surface area contributed by atoms with Gasteiger partial charge in [-0.15, -0.1) is 6.58 Å². The molecule has 1 unspecified atom stereocenters. The molecule has 0 aromatic rings. The minimum Gasteiger partial charge on any atom is -0.103 e. The Morgan fingerprint density at radius 2 is 2.09 bits per heavy atom. The van der Waals surface area contributed by atoms with Crippen LogP contribution < -0.4 is 0 Å². The summed E-state index contributed by atoms with van der Waals surface area (Å²) in [5.74, 6) is 0. The zero-order valence-electron chi connectivity index (χ0n) is 7.48. The molecule has 0 nitrogen and oxygen atoms in total. The Morgan fingerprint density at radius 3 is 2.64 bits per heavy atom. The molecular weight excluding hydrogens is 200 g/mol. The first kappa shape index (κ1) is 11.2. The van der Waals surface area contributed by atoms with Crippen LogP contribution in [0.2, 0.25) is 0 Å². The molecule has 0 bridgehead atoms. The Labute approximate surface area is 79.2 Å². The van der Waals surface area contributed by atoms with Gasteiger partial charge in [0.25, 0.3) is 0 Å². The number of rotatable bonds is 7. The Hall–Kier alpha value is 0.220. The molecule has 0 aliphatic heterocycles. The molecule has 0 saturated heterocycles. The summed E-state index contributed by atoms with van der Waals surface area (Å²) in [6.45, 7) is 5.93. The SMILES string of the molecule is C=CCCCCCC(Br)CC. The van der Waals surface area contributed by atoms with Crippen molar-refractivity contribution < 1.29 is 0 Å². The average Bonchev–Trinajstić information content (AvgIpc) is 2.04. The molecule has 1 heteroatoms. The van der Waals surface area contributed by atoms with Gasteiger partial charge < -0.3 is 0 Å². The summed E-state index contributed by atoms with van der Waals surface area (Å²) in [7, 11) is 0. The highest BCUT2D eigenvalue weighted by Gasteiger charge is 1.98. The van der Waals surface area contributed by atoms with Crippen molar-refractivity contribution >= 4 is 15.9 Å². The fourth-order valence-corrected chi connectivity index (χ4v) is 1.36. The van der Waals surface area contributed by atoms with E-state index in [1.165, 1.54) is 38.5 Å². The lowest BCUT2D eigenvalue weighted by Crippen LogP contribution is -1.93. The summed E-state index contributed by atoms with van der Waals surface area (Å²) in [5.41, 5.74) is 0. The molecule has 0 spiro atoms. The van der Waals surface area contributed by atoms with E-state index < -0.39 is 0 Å². The van der Waals surface area contributed by atoms with E-state index in [0.29, 0.717) is 0 Å². The summed E-state index contributed by atoms with van der Waals surface area (Å²) in [4.78, 5) is 0.742. The van der Waals surface area contributed by atoms with Crippen LogP contribution in [-0.4, -0.2) is 4.83 Å². The van der Waals surface area contributed by atoms with Gasteiger partial charge in [0.05, 0.1) is 0 Å². The van der Waals surface area contributed by atoms with Gasteiger partial charge in [-0.25, -0.2) is 0 Å². The second kappa shape index (κ2) is 8.32. The van der Waals surface area contributed by atoms with Crippen LogP contribution in [0.5, 0.6) is 0 Å². The van der Waals surface area contributed by atoms with Crippen LogP contribution in [0.25, 0.3) is 0 Å². The smallest absolute Gasteiger partial charge is 0.0143 e. The number of allylic oxidation sites excluding steroid dienone is 1. The number of unbranched alkanes of at least 4 members (excludes halogenated alkanes) is 3. The Morgan fingerprint density at radius 1 is 1.36 bits per heavy atom. The Bertz CT molecular complexity index is 88.9. The van der Waals surface area contributed by atoms with Gasteiger partial charge in [0, 0.05) is 4.83 Å². The fraction of sp³-hybridized carbons (Fsp3) is 0.800. The van der Waals surface area contributed by atoms with Crippen molar-refractivity contribution in [2.45, 2.75) is 50.3 Å². The maximum atomic E-state index is 3.70. The second-order valence-corrected chi connectivity index (χ2v) is 4.23. The molecule has 1 atom stereocenters. The normalized spacial score (nSPS) is 12.9. The summed E-state index contributed by atoms with van der Waals surface area (Å²) >= 11 is 3.63. The van der Waals surface area contributed by atoms with E-state index in [9.17, 15) is 0 Å². The molecule has 0 saturated carbocycles. The molecule has 0 aromatic carbocycles. The van der Waals surface area contributed by atoms with E-state index in [1.807, 2.05) is 6.08 Å². The second-order valence-electron chi connectivity index (χ2n) is 2.93. The average molecular weight is 219 g/mol. The van der Waals surface area contributed by atoms with Crippen molar-refractivity contribution in [1.82, 2.24) is 0 Å². The molecule has 11 heavy (non-hydrogen) atoms. The summed E-state index contributed by atoms with van der Waals surface area (Å²) in [5, 5.41) is 0. The van der Waals surface area contributed by atoms with Crippen LogP contribution in [0.4, 0.5) is 0 Å². The predicted octanol–water partition coefficient (Wildman–Crippen LogP) is 4.30. The Kier molecular flexibility index (Phi) is 8.48. The molecule has 0 radical (unpaired) electrons. The van der Waals surface area contributed by atoms with Crippen molar-refractivity contribution in [3.8, 4) is 0 Å². The first-order chi connectivity index (χ1) is 5.31. The predicted molar refractivity (Wildman–Crippen MR) is 56.3 cm³/mol. The largest absolute Gasteiger partial charge is 0.103 e. The van der Waals surface area contributed by atoms with Crippen LogP contribution in [-0.2, 0) is 0 Å². The summed E-state index contributed by atoms with van der Waals surface area (Å²) in [6.07, 6.45) is 9.79. The monoisotopic (exact) mass is 218 g/mol. The molecule has 66 valence electrons. The van der Waals surface area contributed by atoms with Crippen LogP contribution in [0, 0.1) is 0 Å². The number of halogens is 1. The van der Waals surface area contributed by atoms with Crippen molar-refractivity contribution in [3.63, 3.8) is 0 Å². The van der Waals surface area contributed by atoms with Gasteiger partial charge in [-0.05, 0) is 25.7 Å². The first-order valence-corrected chi connectivity index (χ1v) is 5.47. The van der Waals surface area contributed by atoms with Crippen molar-refractivity contribution in [3.05, 3.63) is 12.7 Å². The molecule has 0 heterocycles. The van der Waals surface area contributed by atoms with Gasteiger partial charge in [-0.2, -0.15) is 0 Å². The number of alkyl halides is 1. The van der Waals surface area contributed by atoms with Crippen LogP contribution in [0.15, 0.2) is 12.7 Å². The van der Waals surface area contributed by atoms with E-state index in [2.05, 4.69) is 29.4 Å². The van der Waals surface area contributed by atoms with Crippen LogP contribution in [0.3, 0.4) is 0 Å². The first-order valence-electron chi connectivity index (χ1n) is 4.56. The number of hydrogen-bond acceptors (Lipinski definition) is 0. The van der Waals surface area contributed by atoms with Crippen molar-refractivity contribution in [2.75, 3.05) is 0 Å². The topological polar surface area (TPSA) is 0 Å². The lowest BCUT2D eigenvalue weighted by atomic mass is 10.1.